The zero-order valence-electron chi connectivity index (χ0n) is 24.5. The number of halogens is 2. The van der Waals surface area contributed by atoms with Crippen LogP contribution in [0.15, 0.2) is 107 Å². The van der Waals surface area contributed by atoms with Gasteiger partial charge in [-0.25, -0.2) is 0 Å². The van der Waals surface area contributed by atoms with E-state index in [0.29, 0.717) is 17.8 Å². The average molecular weight is 597 g/mol. The Morgan fingerprint density at radius 2 is 1.36 bits per heavy atom. The van der Waals surface area contributed by atoms with Crippen molar-refractivity contribution in [2.24, 2.45) is 0 Å². The highest BCUT2D eigenvalue weighted by Gasteiger charge is 2.36. The summed E-state index contributed by atoms with van der Waals surface area (Å²) >= 11 is 1.62. The Morgan fingerprint density at radius 3 is 1.88 bits per heavy atom. The molecular formula is C36H34F2N2S2. The van der Waals surface area contributed by atoms with Crippen LogP contribution in [0.5, 0.6) is 0 Å². The number of allylic oxidation sites excluding steroid dienone is 1. The van der Waals surface area contributed by atoms with Crippen molar-refractivity contribution in [3.05, 3.63) is 141 Å². The first-order chi connectivity index (χ1) is 20.2. The first-order valence-electron chi connectivity index (χ1n) is 14.1. The summed E-state index contributed by atoms with van der Waals surface area (Å²) in [6.45, 7) is 7.96. The van der Waals surface area contributed by atoms with Crippen molar-refractivity contribution in [2.45, 2.75) is 34.1 Å². The zero-order chi connectivity index (χ0) is 29.6. The summed E-state index contributed by atoms with van der Waals surface area (Å²) < 4.78 is 33.7. The van der Waals surface area contributed by atoms with Gasteiger partial charge in [0.15, 0.2) is 11.0 Å². The number of rotatable bonds is 6. The molecule has 0 saturated carbocycles. The molecule has 1 aliphatic rings. The molecule has 0 aliphatic carbocycles. The van der Waals surface area contributed by atoms with E-state index in [2.05, 4.69) is 65.7 Å². The highest BCUT2D eigenvalue weighted by Crippen LogP contribution is 2.60. The van der Waals surface area contributed by atoms with Crippen molar-refractivity contribution in [1.82, 2.24) is 3.97 Å². The van der Waals surface area contributed by atoms with Gasteiger partial charge < -0.3 is 4.90 Å². The molecule has 2 nitrogen and oxygen atoms in total. The minimum Gasteiger partial charge on any atom is -0.336 e. The molecule has 0 unspecified atom stereocenters. The molecule has 0 fully saturated rings. The minimum absolute atomic E-state index is 0.605. The lowest BCUT2D eigenvalue weighted by molar-refractivity contribution is 0.731. The number of fused-ring (bicyclic) bond motifs is 1. The maximum absolute atomic E-state index is 16.2. The van der Waals surface area contributed by atoms with Gasteiger partial charge in [-0.2, -0.15) is 0 Å². The third kappa shape index (κ3) is 4.93. The van der Waals surface area contributed by atoms with E-state index < -0.39 is 11.0 Å². The second-order valence-electron chi connectivity index (χ2n) is 10.8. The number of hydrogen-bond acceptors (Lipinski definition) is 2. The van der Waals surface area contributed by atoms with Gasteiger partial charge in [0.05, 0.1) is 16.4 Å². The van der Waals surface area contributed by atoms with Crippen LogP contribution in [-0.4, -0.2) is 11.0 Å². The maximum atomic E-state index is 16.2. The van der Waals surface area contributed by atoms with Crippen LogP contribution >= 0.6 is 22.3 Å². The number of thiophene rings is 1. The molecule has 2 aromatic heterocycles. The Labute approximate surface area is 253 Å². The van der Waals surface area contributed by atoms with E-state index in [-0.39, 0.29) is 0 Å². The molecule has 0 atom stereocenters. The van der Waals surface area contributed by atoms with Gasteiger partial charge in [0, 0.05) is 23.7 Å². The SMILES string of the molecule is CCc1c(C)c2n(c1C)S(F)(F)C=CC(N(C)c1cc(C)cs1)=C2c1cc(-c2ccccc2)cc(-c2ccccc2)c1. The van der Waals surface area contributed by atoms with Crippen LogP contribution in [0, 0.1) is 20.8 Å². The Balaban J connectivity index is 1.73. The van der Waals surface area contributed by atoms with Crippen LogP contribution < -0.4 is 4.90 Å². The summed E-state index contributed by atoms with van der Waals surface area (Å²) in [6.07, 6.45) is 2.34. The van der Waals surface area contributed by atoms with E-state index in [1.807, 2.05) is 64.2 Å². The lowest BCUT2D eigenvalue weighted by Crippen LogP contribution is -2.17. The van der Waals surface area contributed by atoms with Crippen molar-refractivity contribution < 1.29 is 7.77 Å². The van der Waals surface area contributed by atoms with Gasteiger partial charge in [0.25, 0.3) is 0 Å². The van der Waals surface area contributed by atoms with E-state index in [9.17, 15) is 0 Å². The first kappa shape index (κ1) is 28.3. The van der Waals surface area contributed by atoms with Crippen LogP contribution in [0.1, 0.15) is 40.6 Å². The molecule has 0 radical (unpaired) electrons. The molecule has 0 saturated heterocycles. The molecule has 5 aromatic rings. The monoisotopic (exact) mass is 596 g/mol. The lowest BCUT2D eigenvalue weighted by atomic mass is 9.90. The van der Waals surface area contributed by atoms with Crippen LogP contribution in [0.4, 0.5) is 12.8 Å². The van der Waals surface area contributed by atoms with E-state index in [0.717, 1.165) is 66.2 Å². The smallest absolute Gasteiger partial charge is 0.166 e. The predicted molar refractivity (Wildman–Crippen MR) is 178 cm³/mol. The fourth-order valence-electron chi connectivity index (χ4n) is 6.02. The second kappa shape index (κ2) is 11.1. The highest BCUT2D eigenvalue weighted by atomic mass is 32.3. The average Bonchev–Trinajstić information content (AvgIpc) is 3.51. The minimum atomic E-state index is -4.26. The molecule has 1 aliphatic heterocycles. The maximum Gasteiger partial charge on any atom is 0.166 e. The van der Waals surface area contributed by atoms with Crippen molar-refractivity contribution >= 4 is 32.9 Å². The molecule has 6 heteroatoms. The molecule has 0 bridgehead atoms. The van der Waals surface area contributed by atoms with Crippen LogP contribution in [0.3, 0.4) is 0 Å². The summed E-state index contributed by atoms with van der Waals surface area (Å²) in [5, 5.41) is 4.25. The molecule has 0 N–H and O–H groups in total. The summed E-state index contributed by atoms with van der Waals surface area (Å²) in [7, 11) is -2.27. The van der Waals surface area contributed by atoms with Gasteiger partial charge >= 0.3 is 0 Å². The number of likely N-dealkylation sites (N-methyl/N-ethyl adjacent to an activating group) is 1. The van der Waals surface area contributed by atoms with Crippen LogP contribution in [0.2, 0.25) is 0 Å². The van der Waals surface area contributed by atoms with Gasteiger partial charge in [-0.05, 0) is 107 Å². The number of aryl methyl sites for hydroxylation is 1. The normalized spacial score (nSPS) is 14.9. The quantitative estimate of drug-likeness (QED) is 0.189. The largest absolute Gasteiger partial charge is 0.336 e. The van der Waals surface area contributed by atoms with Gasteiger partial charge in [0.2, 0.25) is 0 Å². The fourth-order valence-corrected chi connectivity index (χ4v) is 8.27. The summed E-state index contributed by atoms with van der Waals surface area (Å²) in [4.78, 5) is 2.07. The van der Waals surface area contributed by atoms with Crippen molar-refractivity contribution in [3.63, 3.8) is 0 Å². The van der Waals surface area contributed by atoms with Gasteiger partial charge in [0.1, 0.15) is 0 Å². The molecule has 3 aromatic carbocycles. The molecular weight excluding hydrogens is 563 g/mol. The summed E-state index contributed by atoms with van der Waals surface area (Å²) in [5.74, 6) is 0. The van der Waals surface area contributed by atoms with Gasteiger partial charge in [-0.15, -0.1) is 19.1 Å². The van der Waals surface area contributed by atoms with E-state index >= 15 is 7.77 Å². The van der Waals surface area contributed by atoms with Gasteiger partial charge in [-0.3, -0.25) is 3.97 Å². The number of hydrogen-bond donors (Lipinski definition) is 0. The molecule has 3 heterocycles. The Hall–Kier alpha value is -3.87. The van der Waals surface area contributed by atoms with Crippen molar-refractivity contribution in [3.8, 4) is 22.3 Å². The lowest BCUT2D eigenvalue weighted by Gasteiger charge is -2.25. The standard InChI is InChI=1S/C36H34F2N2S2/c1-6-32-25(3)36-35(33(39(5)34-19-24(2)23-41-34)17-18-42(37,38)40(36)26(32)4)31-21-29(27-13-9-7-10-14-27)20-30(22-31)28-15-11-8-12-16-28/h7-23H,6H2,1-5H3. The number of anilines is 1. The van der Waals surface area contributed by atoms with Crippen LogP contribution in [-0.2, 0) is 6.42 Å². The summed E-state index contributed by atoms with van der Waals surface area (Å²) in [6, 6.07) is 29.2. The Bertz CT molecular complexity index is 1770. The topological polar surface area (TPSA) is 8.17 Å². The number of aromatic nitrogens is 1. The fraction of sp³-hybridized carbons (Fsp3) is 0.167. The molecule has 214 valence electrons. The molecule has 6 rings (SSSR count). The second-order valence-corrected chi connectivity index (χ2v) is 13.3. The molecule has 42 heavy (non-hydrogen) atoms. The zero-order valence-corrected chi connectivity index (χ0v) is 26.1. The van der Waals surface area contributed by atoms with Crippen molar-refractivity contribution in [1.29, 1.82) is 0 Å². The van der Waals surface area contributed by atoms with Crippen molar-refractivity contribution in [2.75, 3.05) is 11.9 Å². The van der Waals surface area contributed by atoms with E-state index in [1.165, 1.54) is 3.97 Å². The third-order valence-corrected chi connectivity index (χ3v) is 10.6. The summed E-state index contributed by atoms with van der Waals surface area (Å²) in [5.41, 5.74) is 11.1. The van der Waals surface area contributed by atoms with E-state index in [4.69, 9.17) is 0 Å². The Morgan fingerprint density at radius 1 is 0.786 bits per heavy atom. The third-order valence-electron chi connectivity index (χ3n) is 8.08. The predicted octanol–water partition coefficient (Wildman–Crippen LogP) is 11.1. The number of benzene rings is 3. The highest BCUT2D eigenvalue weighted by molar-refractivity contribution is 8.26. The Kier molecular flexibility index (Phi) is 7.46. The molecule has 0 spiro atoms. The first-order valence-corrected chi connectivity index (χ1v) is 16.4. The van der Waals surface area contributed by atoms with E-state index in [1.54, 1.807) is 17.4 Å². The van der Waals surface area contributed by atoms with Crippen LogP contribution in [0.25, 0.3) is 27.8 Å². The number of nitrogens with zero attached hydrogens (tertiary/aromatic N) is 2. The molecule has 0 amide bonds. The van der Waals surface area contributed by atoms with Gasteiger partial charge in [-0.1, -0.05) is 67.6 Å².